The maximum atomic E-state index is 12.9. The van der Waals surface area contributed by atoms with E-state index in [2.05, 4.69) is 69.4 Å². The number of ether oxygens (including phenoxy) is 3. The number of carbonyl (C=O) groups excluding carboxylic acids is 3. The highest BCUT2D eigenvalue weighted by Gasteiger charge is 2.19. The van der Waals surface area contributed by atoms with Crippen LogP contribution in [0.3, 0.4) is 0 Å². The Balaban J connectivity index is 4.27. The van der Waals surface area contributed by atoms with Gasteiger partial charge in [0.1, 0.15) is 13.2 Å². The Labute approximate surface area is 479 Å². The normalized spacial score (nSPS) is 12.3. The van der Waals surface area contributed by atoms with Crippen molar-refractivity contribution in [3.63, 3.8) is 0 Å². The first-order chi connectivity index (χ1) is 38.0. The summed E-state index contributed by atoms with van der Waals surface area (Å²) in [5.74, 6) is -0.864. The molecule has 1 atom stereocenters. The van der Waals surface area contributed by atoms with E-state index >= 15 is 0 Å². The van der Waals surface area contributed by atoms with Crippen molar-refractivity contribution in [3.8, 4) is 0 Å². The third kappa shape index (κ3) is 64.1. The molecule has 0 aromatic rings. The minimum Gasteiger partial charge on any atom is -0.462 e. The molecule has 0 saturated heterocycles. The van der Waals surface area contributed by atoms with E-state index in [1.54, 1.807) is 0 Å². The second kappa shape index (κ2) is 65.9. The van der Waals surface area contributed by atoms with Crippen molar-refractivity contribution >= 4 is 17.9 Å². The first-order valence-electron chi connectivity index (χ1n) is 34.1. The average molecular weight is 1080 g/mol. The van der Waals surface area contributed by atoms with Crippen molar-refractivity contribution in [1.82, 2.24) is 0 Å². The third-order valence-corrected chi connectivity index (χ3v) is 15.3. The van der Waals surface area contributed by atoms with Gasteiger partial charge in [-0.15, -0.1) is 0 Å². The predicted octanol–water partition coefficient (Wildman–Crippen LogP) is 23.3. The molecule has 6 nitrogen and oxygen atoms in total. The van der Waals surface area contributed by atoms with Crippen LogP contribution in [-0.4, -0.2) is 37.2 Å². The molecule has 0 aromatic carbocycles. The molecule has 0 saturated carbocycles. The summed E-state index contributed by atoms with van der Waals surface area (Å²) in [6.07, 6.45) is 82.7. The van der Waals surface area contributed by atoms with E-state index in [9.17, 15) is 14.4 Å². The van der Waals surface area contributed by atoms with Gasteiger partial charge in [0.2, 0.25) is 0 Å². The van der Waals surface area contributed by atoms with Gasteiger partial charge in [0, 0.05) is 19.3 Å². The van der Waals surface area contributed by atoms with Gasteiger partial charge in [0.05, 0.1) is 0 Å². The molecule has 0 fully saturated rings. The summed E-state index contributed by atoms with van der Waals surface area (Å²) in [6, 6.07) is 0. The Morgan fingerprint density at radius 3 is 0.753 bits per heavy atom. The lowest BCUT2D eigenvalue weighted by Crippen LogP contribution is -2.30. The van der Waals surface area contributed by atoms with Crippen LogP contribution in [0.25, 0.3) is 0 Å². The number of carbonyl (C=O) groups is 3. The van der Waals surface area contributed by atoms with E-state index in [1.165, 1.54) is 244 Å². The summed E-state index contributed by atoms with van der Waals surface area (Å²) < 4.78 is 17.0. The minimum atomic E-state index is -0.778. The van der Waals surface area contributed by atoms with Gasteiger partial charge in [-0.25, -0.2) is 0 Å². The van der Waals surface area contributed by atoms with Crippen LogP contribution in [0.1, 0.15) is 367 Å². The van der Waals surface area contributed by atoms with Crippen molar-refractivity contribution < 1.29 is 28.6 Å². The van der Waals surface area contributed by atoms with Gasteiger partial charge in [-0.3, -0.25) is 14.4 Å². The number of esters is 3. The standard InChI is InChI=1S/C71H130O6/c1-4-7-10-13-16-19-22-25-28-30-32-34-35-36-37-38-40-41-43-46-49-52-55-58-61-64-70(73)76-67-68(66-75-69(72)63-60-57-54-51-48-45-27-24-21-18-15-12-9-6-3)77-71(74)65-62-59-56-53-50-47-44-42-39-33-31-29-26-23-20-17-14-11-8-5-2/h15,18,22,24-25,27,30,32,68H,4-14,16-17,19-21,23,26,28-29,31,33-67H2,1-3H3/b18-15-,25-22-,27-24-,32-30-. The molecule has 0 aromatic heterocycles. The molecule has 0 aliphatic rings. The molecular formula is C71H130O6. The van der Waals surface area contributed by atoms with Gasteiger partial charge in [0.15, 0.2) is 6.10 Å². The van der Waals surface area contributed by atoms with Crippen LogP contribution in [0.15, 0.2) is 48.6 Å². The van der Waals surface area contributed by atoms with Crippen LogP contribution < -0.4 is 0 Å². The Kier molecular flexibility index (Phi) is 63.6. The van der Waals surface area contributed by atoms with Gasteiger partial charge in [-0.2, -0.15) is 0 Å². The molecule has 0 bridgehead atoms. The minimum absolute atomic E-state index is 0.0739. The first kappa shape index (κ1) is 74.4. The predicted molar refractivity (Wildman–Crippen MR) is 335 cm³/mol. The molecule has 0 aliphatic carbocycles. The lowest BCUT2D eigenvalue weighted by atomic mass is 10.0. The smallest absolute Gasteiger partial charge is 0.306 e. The third-order valence-electron chi connectivity index (χ3n) is 15.3. The largest absolute Gasteiger partial charge is 0.462 e. The van der Waals surface area contributed by atoms with Gasteiger partial charge >= 0.3 is 17.9 Å². The molecule has 0 amide bonds. The molecule has 6 heteroatoms. The zero-order valence-corrected chi connectivity index (χ0v) is 51.7. The molecule has 0 rings (SSSR count). The maximum Gasteiger partial charge on any atom is 0.306 e. The molecule has 77 heavy (non-hydrogen) atoms. The zero-order valence-electron chi connectivity index (χ0n) is 51.7. The van der Waals surface area contributed by atoms with Crippen molar-refractivity contribution in [1.29, 1.82) is 0 Å². The fourth-order valence-corrected chi connectivity index (χ4v) is 10.1. The Morgan fingerprint density at radius 2 is 0.481 bits per heavy atom. The summed E-state index contributed by atoms with van der Waals surface area (Å²) >= 11 is 0. The van der Waals surface area contributed by atoms with Crippen LogP contribution in [0.2, 0.25) is 0 Å². The molecular weight excluding hydrogens is 949 g/mol. The number of rotatable bonds is 63. The van der Waals surface area contributed by atoms with E-state index in [4.69, 9.17) is 14.2 Å². The molecule has 0 aliphatic heterocycles. The van der Waals surface area contributed by atoms with Crippen LogP contribution in [0.5, 0.6) is 0 Å². The molecule has 450 valence electrons. The highest BCUT2D eigenvalue weighted by Crippen LogP contribution is 2.18. The van der Waals surface area contributed by atoms with Crippen molar-refractivity contribution in [3.05, 3.63) is 48.6 Å². The molecule has 0 N–H and O–H groups in total. The van der Waals surface area contributed by atoms with E-state index in [0.717, 1.165) is 83.5 Å². The van der Waals surface area contributed by atoms with Crippen LogP contribution in [-0.2, 0) is 28.6 Å². The number of unbranched alkanes of at least 4 members (excludes halogenated alkanes) is 44. The summed E-state index contributed by atoms with van der Waals surface area (Å²) in [5.41, 5.74) is 0. The second-order valence-electron chi connectivity index (χ2n) is 23.1. The monoisotopic (exact) mass is 1080 g/mol. The highest BCUT2D eigenvalue weighted by atomic mass is 16.6. The van der Waals surface area contributed by atoms with Gasteiger partial charge in [-0.05, 0) is 77.0 Å². The lowest BCUT2D eigenvalue weighted by Gasteiger charge is -2.18. The molecule has 0 spiro atoms. The number of hydrogen-bond donors (Lipinski definition) is 0. The Morgan fingerprint density at radius 1 is 0.260 bits per heavy atom. The molecule has 0 radical (unpaired) electrons. The van der Waals surface area contributed by atoms with Crippen LogP contribution in [0, 0.1) is 0 Å². The van der Waals surface area contributed by atoms with Crippen molar-refractivity contribution in [2.45, 2.75) is 374 Å². The molecule has 0 heterocycles. The summed E-state index contributed by atoms with van der Waals surface area (Å²) in [4.78, 5) is 38.4. The topological polar surface area (TPSA) is 78.9 Å². The maximum absolute atomic E-state index is 12.9. The Bertz CT molecular complexity index is 1330. The SMILES string of the molecule is CCCC/C=C\C/C=C\CCCCCCCC(=O)OCC(COC(=O)CCCCCCCCCCCCCCC/C=C\C/C=C\CCCCCCC)OC(=O)CCCCCCCCCCCCCCCCCCCCCC. The van der Waals surface area contributed by atoms with Crippen LogP contribution in [0.4, 0.5) is 0 Å². The van der Waals surface area contributed by atoms with Gasteiger partial charge in [-0.1, -0.05) is 320 Å². The van der Waals surface area contributed by atoms with Crippen molar-refractivity contribution in [2.75, 3.05) is 13.2 Å². The van der Waals surface area contributed by atoms with Crippen LogP contribution >= 0.6 is 0 Å². The van der Waals surface area contributed by atoms with Crippen molar-refractivity contribution in [2.24, 2.45) is 0 Å². The van der Waals surface area contributed by atoms with E-state index < -0.39 is 6.10 Å². The average Bonchev–Trinajstić information content (AvgIpc) is 3.43. The zero-order chi connectivity index (χ0) is 55.7. The Hall–Kier alpha value is -2.63. The summed E-state index contributed by atoms with van der Waals surface area (Å²) in [5, 5.41) is 0. The first-order valence-corrected chi connectivity index (χ1v) is 34.1. The highest BCUT2D eigenvalue weighted by molar-refractivity contribution is 5.71. The number of hydrogen-bond acceptors (Lipinski definition) is 6. The van der Waals surface area contributed by atoms with Gasteiger partial charge < -0.3 is 14.2 Å². The molecule has 1 unspecified atom stereocenters. The summed E-state index contributed by atoms with van der Waals surface area (Å²) in [7, 11) is 0. The fraction of sp³-hybridized carbons (Fsp3) is 0.845. The lowest BCUT2D eigenvalue weighted by molar-refractivity contribution is -0.167. The summed E-state index contributed by atoms with van der Waals surface area (Å²) in [6.45, 7) is 6.64. The quantitative estimate of drug-likeness (QED) is 0.0261. The second-order valence-corrected chi connectivity index (χ2v) is 23.1. The fourth-order valence-electron chi connectivity index (χ4n) is 10.1. The van der Waals surface area contributed by atoms with Gasteiger partial charge in [0.25, 0.3) is 0 Å². The van der Waals surface area contributed by atoms with E-state index in [0.29, 0.717) is 19.3 Å². The van der Waals surface area contributed by atoms with E-state index in [-0.39, 0.29) is 31.1 Å². The van der Waals surface area contributed by atoms with E-state index in [1.807, 2.05) is 0 Å². The number of allylic oxidation sites excluding steroid dienone is 8.